The standard InChI is InChI=1S/C52H38O2/c1-3-15-46-40(8-1)41-13-5-12-39(51(41)54-46)34-22-23-44-43(29-34)49-37(10-6-14-45(49)52(44)35-25-30-24-31(27-35)28-36(52)26-30)32-18-20-33(21-19-32)38-11-7-17-48-50(38)42-9-2-4-16-47(42)53-48/h1-23,29-31,35-36H,24-28H2. The first-order valence-corrected chi connectivity index (χ1v) is 19.9. The van der Waals surface area contributed by atoms with E-state index in [-0.39, 0.29) is 5.41 Å². The molecule has 14 rings (SSSR count). The molecule has 0 unspecified atom stereocenters. The summed E-state index contributed by atoms with van der Waals surface area (Å²) in [5.41, 5.74) is 17.4. The Balaban J connectivity index is 1.01. The number of rotatable bonds is 3. The summed E-state index contributed by atoms with van der Waals surface area (Å²) in [7, 11) is 0. The predicted molar refractivity (Wildman–Crippen MR) is 221 cm³/mol. The molecule has 5 aliphatic rings. The minimum absolute atomic E-state index is 0.0932. The van der Waals surface area contributed by atoms with Crippen LogP contribution < -0.4 is 0 Å². The van der Waals surface area contributed by atoms with Crippen LogP contribution in [-0.2, 0) is 5.41 Å². The number of benzene rings is 7. The summed E-state index contributed by atoms with van der Waals surface area (Å²) in [6.45, 7) is 0. The molecule has 0 N–H and O–H groups in total. The molecule has 0 amide bonds. The minimum Gasteiger partial charge on any atom is -0.456 e. The lowest BCUT2D eigenvalue weighted by Crippen LogP contribution is -2.55. The second kappa shape index (κ2) is 10.6. The van der Waals surface area contributed by atoms with E-state index in [2.05, 4.69) is 140 Å². The highest BCUT2D eigenvalue weighted by Crippen LogP contribution is 2.70. The second-order valence-corrected chi connectivity index (χ2v) is 16.8. The van der Waals surface area contributed by atoms with E-state index in [0.29, 0.717) is 11.8 Å². The Morgan fingerprint density at radius 1 is 0.407 bits per heavy atom. The number of fused-ring (bicyclic) bond motifs is 9. The van der Waals surface area contributed by atoms with Crippen LogP contribution in [0.1, 0.15) is 43.2 Å². The molecule has 9 aromatic rings. The third-order valence-corrected chi connectivity index (χ3v) is 14.3. The van der Waals surface area contributed by atoms with Crippen molar-refractivity contribution in [3.63, 3.8) is 0 Å². The van der Waals surface area contributed by atoms with Crippen molar-refractivity contribution in [2.24, 2.45) is 23.7 Å². The van der Waals surface area contributed by atoms with Gasteiger partial charge >= 0.3 is 0 Å². The van der Waals surface area contributed by atoms with Crippen molar-refractivity contribution in [3.8, 4) is 44.5 Å². The van der Waals surface area contributed by atoms with Crippen molar-refractivity contribution < 1.29 is 8.83 Å². The van der Waals surface area contributed by atoms with Gasteiger partial charge in [0.25, 0.3) is 0 Å². The van der Waals surface area contributed by atoms with Crippen LogP contribution >= 0.6 is 0 Å². The Kier molecular flexibility index (Phi) is 5.83. The Bertz CT molecular complexity index is 2980. The smallest absolute Gasteiger partial charge is 0.143 e. The van der Waals surface area contributed by atoms with E-state index in [9.17, 15) is 0 Å². The normalized spacial score (nSPS) is 23.6. The van der Waals surface area contributed by atoms with Gasteiger partial charge in [0.05, 0.1) is 0 Å². The largest absolute Gasteiger partial charge is 0.456 e. The molecule has 54 heavy (non-hydrogen) atoms. The van der Waals surface area contributed by atoms with Crippen LogP contribution in [0.3, 0.4) is 0 Å². The Labute approximate surface area is 314 Å². The van der Waals surface area contributed by atoms with Crippen molar-refractivity contribution in [2.45, 2.75) is 37.5 Å². The number of hydrogen-bond acceptors (Lipinski definition) is 2. The van der Waals surface area contributed by atoms with Gasteiger partial charge in [-0.3, -0.25) is 0 Å². The first kappa shape index (κ1) is 29.6. The van der Waals surface area contributed by atoms with Crippen LogP contribution in [0.5, 0.6) is 0 Å². The first-order chi connectivity index (χ1) is 26.7. The van der Waals surface area contributed by atoms with E-state index < -0.39 is 0 Å². The highest BCUT2D eigenvalue weighted by Gasteiger charge is 2.61. The molecule has 2 heteroatoms. The van der Waals surface area contributed by atoms with Crippen molar-refractivity contribution in [1.29, 1.82) is 0 Å². The summed E-state index contributed by atoms with van der Waals surface area (Å²) < 4.78 is 12.9. The fourth-order valence-corrected chi connectivity index (χ4v) is 12.5. The molecule has 0 saturated heterocycles. The monoisotopic (exact) mass is 694 g/mol. The maximum atomic E-state index is 6.59. The van der Waals surface area contributed by atoms with Crippen LogP contribution in [0.2, 0.25) is 0 Å². The highest BCUT2D eigenvalue weighted by atomic mass is 16.3. The fourth-order valence-electron chi connectivity index (χ4n) is 12.5. The summed E-state index contributed by atoms with van der Waals surface area (Å²) in [6.07, 6.45) is 6.95. The summed E-state index contributed by atoms with van der Waals surface area (Å²) in [6, 6.07) is 54.0. The van der Waals surface area contributed by atoms with Gasteiger partial charge in [-0.1, -0.05) is 121 Å². The van der Waals surface area contributed by atoms with Gasteiger partial charge in [-0.05, 0) is 130 Å². The molecule has 5 aliphatic carbocycles. The zero-order chi connectivity index (χ0) is 35.1. The lowest BCUT2D eigenvalue weighted by molar-refractivity contribution is -0.0399. The van der Waals surface area contributed by atoms with Crippen molar-refractivity contribution >= 4 is 43.9 Å². The molecule has 4 bridgehead atoms. The van der Waals surface area contributed by atoms with Gasteiger partial charge in [0.15, 0.2) is 0 Å². The third kappa shape index (κ3) is 3.81. The topological polar surface area (TPSA) is 26.3 Å². The van der Waals surface area contributed by atoms with Crippen molar-refractivity contribution in [3.05, 3.63) is 157 Å². The Morgan fingerprint density at radius 3 is 1.80 bits per heavy atom. The van der Waals surface area contributed by atoms with Gasteiger partial charge in [-0.2, -0.15) is 0 Å². The first-order valence-electron chi connectivity index (χ1n) is 19.9. The molecular formula is C52H38O2. The average molecular weight is 695 g/mol. The van der Waals surface area contributed by atoms with Gasteiger partial charge in [0.1, 0.15) is 22.3 Å². The number of furan rings is 2. The molecule has 258 valence electrons. The van der Waals surface area contributed by atoms with Gasteiger partial charge in [-0.15, -0.1) is 0 Å². The van der Waals surface area contributed by atoms with E-state index in [1.807, 2.05) is 6.07 Å². The third-order valence-electron chi connectivity index (χ3n) is 14.3. The molecule has 1 spiro atoms. The van der Waals surface area contributed by atoms with Gasteiger partial charge < -0.3 is 8.83 Å². The Morgan fingerprint density at radius 2 is 1.00 bits per heavy atom. The molecule has 2 aromatic heterocycles. The highest BCUT2D eigenvalue weighted by molar-refractivity contribution is 6.13. The molecule has 0 atom stereocenters. The summed E-state index contributed by atoms with van der Waals surface area (Å²) in [4.78, 5) is 0. The van der Waals surface area contributed by atoms with Gasteiger partial charge in [-0.25, -0.2) is 0 Å². The van der Waals surface area contributed by atoms with Gasteiger partial charge in [0.2, 0.25) is 0 Å². The predicted octanol–water partition coefficient (Wildman–Crippen LogP) is 14.2. The fraction of sp³-hybridized carbons (Fsp3) is 0.192. The van der Waals surface area contributed by atoms with E-state index in [0.717, 1.165) is 34.2 Å². The minimum atomic E-state index is 0.0932. The van der Waals surface area contributed by atoms with Crippen molar-refractivity contribution in [1.82, 2.24) is 0 Å². The SMILES string of the molecule is c1cc(-c2ccc(-c3cccc4oc5ccccc5c34)cc2)c2c(c1)C1(c3ccc(-c4cccc5c4oc4ccccc45)cc3-2)C2CC3CC(C2)CC1C3. The van der Waals surface area contributed by atoms with E-state index in [4.69, 9.17) is 8.83 Å². The molecule has 0 radical (unpaired) electrons. The molecule has 4 fully saturated rings. The van der Waals surface area contributed by atoms with Crippen LogP contribution in [0.25, 0.3) is 88.4 Å². The number of para-hydroxylation sites is 3. The maximum Gasteiger partial charge on any atom is 0.143 e. The lowest BCUT2D eigenvalue weighted by Gasteiger charge is -2.61. The van der Waals surface area contributed by atoms with Crippen LogP contribution in [0.15, 0.2) is 154 Å². The van der Waals surface area contributed by atoms with E-state index in [1.54, 1.807) is 11.1 Å². The average Bonchev–Trinajstić information content (AvgIpc) is 3.88. The zero-order valence-electron chi connectivity index (χ0n) is 30.0. The lowest BCUT2D eigenvalue weighted by atomic mass is 9.43. The molecule has 7 aromatic carbocycles. The molecular weight excluding hydrogens is 657 g/mol. The van der Waals surface area contributed by atoms with Crippen LogP contribution in [0.4, 0.5) is 0 Å². The molecule has 2 nitrogen and oxygen atoms in total. The van der Waals surface area contributed by atoms with Crippen LogP contribution in [0, 0.1) is 23.7 Å². The zero-order valence-corrected chi connectivity index (χ0v) is 30.0. The summed E-state index contributed by atoms with van der Waals surface area (Å²) in [5.74, 6) is 3.23. The Hall–Kier alpha value is -5.86. The maximum absolute atomic E-state index is 6.59. The van der Waals surface area contributed by atoms with E-state index >= 15 is 0 Å². The number of hydrogen-bond donors (Lipinski definition) is 0. The molecule has 4 saturated carbocycles. The van der Waals surface area contributed by atoms with Crippen molar-refractivity contribution in [2.75, 3.05) is 0 Å². The second-order valence-electron chi connectivity index (χ2n) is 16.8. The molecule has 0 aliphatic heterocycles. The molecule has 2 heterocycles. The quantitative estimate of drug-likeness (QED) is 0.184. The summed E-state index contributed by atoms with van der Waals surface area (Å²) in [5, 5.41) is 4.71. The van der Waals surface area contributed by atoms with Crippen LogP contribution in [-0.4, -0.2) is 0 Å². The van der Waals surface area contributed by atoms with E-state index in [1.165, 1.54) is 98.2 Å². The van der Waals surface area contributed by atoms with Gasteiger partial charge in [0, 0.05) is 32.5 Å². The summed E-state index contributed by atoms with van der Waals surface area (Å²) >= 11 is 0.